The Hall–Kier alpha value is -2.17. The van der Waals surface area contributed by atoms with Gasteiger partial charge in [0.15, 0.2) is 12.4 Å². The third-order valence-corrected chi connectivity index (χ3v) is 4.58. The Balaban J connectivity index is 1.73. The van der Waals surface area contributed by atoms with Crippen LogP contribution in [0.3, 0.4) is 0 Å². The fraction of sp³-hybridized carbons (Fsp3) is 0.550. The molecule has 1 saturated carbocycles. The monoisotopic (exact) mass is 345 g/mol. The van der Waals surface area contributed by atoms with Crippen molar-refractivity contribution in [3.05, 3.63) is 35.4 Å². The Kier molecular flexibility index (Phi) is 7.64. The molecule has 1 fully saturated rings. The number of carbonyl (C=O) groups excluding carboxylic acids is 3. The van der Waals surface area contributed by atoms with Gasteiger partial charge in [0.25, 0.3) is 0 Å². The summed E-state index contributed by atoms with van der Waals surface area (Å²) < 4.78 is 5.20. The van der Waals surface area contributed by atoms with Crippen molar-refractivity contribution < 1.29 is 19.1 Å². The Morgan fingerprint density at radius 3 is 2.40 bits per heavy atom. The molecule has 0 aliphatic heterocycles. The number of nitrogens with one attached hydrogen (secondary N) is 1. The molecule has 5 heteroatoms. The van der Waals surface area contributed by atoms with Crippen LogP contribution in [0.15, 0.2) is 24.3 Å². The molecule has 1 aromatic carbocycles. The van der Waals surface area contributed by atoms with Gasteiger partial charge in [-0.05, 0) is 31.2 Å². The molecule has 2 rings (SSSR count). The predicted octanol–water partition coefficient (Wildman–Crippen LogP) is 3.06. The van der Waals surface area contributed by atoms with Crippen LogP contribution in [0.4, 0.5) is 0 Å². The van der Waals surface area contributed by atoms with E-state index in [1.54, 1.807) is 12.1 Å². The zero-order valence-electron chi connectivity index (χ0n) is 14.9. The maximum Gasteiger partial charge on any atom is 0.309 e. The van der Waals surface area contributed by atoms with Crippen molar-refractivity contribution in [2.75, 3.05) is 13.2 Å². The van der Waals surface area contributed by atoms with Crippen molar-refractivity contribution in [2.45, 2.75) is 51.9 Å². The zero-order chi connectivity index (χ0) is 18.1. The van der Waals surface area contributed by atoms with Gasteiger partial charge in [0.2, 0.25) is 5.91 Å². The first kappa shape index (κ1) is 19.2. The molecule has 5 nitrogen and oxygen atoms in total. The van der Waals surface area contributed by atoms with E-state index in [1.807, 2.05) is 12.1 Å². The van der Waals surface area contributed by atoms with Gasteiger partial charge in [-0.2, -0.15) is 0 Å². The summed E-state index contributed by atoms with van der Waals surface area (Å²) in [6, 6.07) is 7.35. The Labute approximate surface area is 149 Å². The number of hydrogen-bond acceptors (Lipinski definition) is 4. The summed E-state index contributed by atoms with van der Waals surface area (Å²) >= 11 is 0. The van der Waals surface area contributed by atoms with Gasteiger partial charge in [-0.15, -0.1) is 0 Å². The van der Waals surface area contributed by atoms with Gasteiger partial charge in [-0.3, -0.25) is 14.4 Å². The van der Waals surface area contributed by atoms with Crippen LogP contribution in [-0.2, 0) is 20.7 Å². The molecule has 25 heavy (non-hydrogen) atoms. The second-order valence-corrected chi connectivity index (χ2v) is 6.65. The number of amides is 1. The summed E-state index contributed by atoms with van der Waals surface area (Å²) in [6.07, 6.45) is 6.76. The van der Waals surface area contributed by atoms with E-state index < -0.39 is 0 Å². The molecule has 0 aromatic heterocycles. The molecule has 0 atom stereocenters. The predicted molar refractivity (Wildman–Crippen MR) is 95.3 cm³/mol. The first-order chi connectivity index (χ1) is 12.1. The van der Waals surface area contributed by atoms with Gasteiger partial charge in [0.05, 0.1) is 5.92 Å². The largest absolute Gasteiger partial charge is 0.457 e. The second-order valence-electron chi connectivity index (χ2n) is 6.65. The highest BCUT2D eigenvalue weighted by atomic mass is 16.5. The topological polar surface area (TPSA) is 72.5 Å². The van der Waals surface area contributed by atoms with Gasteiger partial charge in [-0.25, -0.2) is 0 Å². The van der Waals surface area contributed by atoms with E-state index in [4.69, 9.17) is 4.74 Å². The molecule has 136 valence electrons. The molecule has 0 radical (unpaired) electrons. The van der Waals surface area contributed by atoms with Gasteiger partial charge in [0.1, 0.15) is 0 Å². The molecule has 1 aliphatic carbocycles. The first-order valence-corrected chi connectivity index (χ1v) is 9.09. The lowest BCUT2D eigenvalue weighted by Gasteiger charge is -2.19. The van der Waals surface area contributed by atoms with Crippen molar-refractivity contribution in [2.24, 2.45) is 5.92 Å². The number of rotatable bonds is 8. The lowest BCUT2D eigenvalue weighted by Crippen LogP contribution is -2.23. The summed E-state index contributed by atoms with van der Waals surface area (Å²) in [5.41, 5.74) is 1.67. The highest BCUT2D eigenvalue weighted by Crippen LogP contribution is 2.24. The third kappa shape index (κ3) is 6.69. The normalized spacial score (nSPS) is 14.8. The third-order valence-electron chi connectivity index (χ3n) is 4.58. The van der Waals surface area contributed by atoms with E-state index in [0.29, 0.717) is 12.1 Å². The number of ether oxygens (including phenoxy) is 1. The van der Waals surface area contributed by atoms with Crippen molar-refractivity contribution in [3.63, 3.8) is 0 Å². The van der Waals surface area contributed by atoms with Crippen LogP contribution in [0.1, 0.15) is 61.4 Å². The summed E-state index contributed by atoms with van der Waals surface area (Å²) in [6.45, 7) is 1.96. The van der Waals surface area contributed by atoms with Crippen LogP contribution in [0.2, 0.25) is 0 Å². The summed E-state index contributed by atoms with van der Waals surface area (Å²) in [4.78, 5) is 34.9. The van der Waals surface area contributed by atoms with E-state index in [1.165, 1.54) is 13.3 Å². The molecular weight excluding hydrogens is 318 g/mol. The number of esters is 1. The number of benzene rings is 1. The fourth-order valence-corrected chi connectivity index (χ4v) is 3.09. The minimum atomic E-state index is -0.234. The quantitative estimate of drug-likeness (QED) is 0.446. The Morgan fingerprint density at radius 2 is 1.76 bits per heavy atom. The van der Waals surface area contributed by atoms with Gasteiger partial charge < -0.3 is 10.1 Å². The van der Waals surface area contributed by atoms with Crippen molar-refractivity contribution in [1.29, 1.82) is 0 Å². The maximum atomic E-state index is 12.2. The Morgan fingerprint density at radius 1 is 1.08 bits per heavy atom. The van der Waals surface area contributed by atoms with Crippen LogP contribution in [-0.4, -0.2) is 30.8 Å². The SMILES string of the molecule is CC(=O)NCCCc1ccc(C(=O)COC(=O)C2CCCCC2)cc1. The highest BCUT2D eigenvalue weighted by Gasteiger charge is 2.23. The average Bonchev–Trinajstić information content (AvgIpc) is 2.64. The van der Waals surface area contributed by atoms with E-state index in [-0.39, 0.29) is 30.2 Å². The number of carbonyl (C=O) groups is 3. The number of aryl methyl sites for hydroxylation is 1. The van der Waals surface area contributed by atoms with Crippen LogP contribution in [0.25, 0.3) is 0 Å². The molecule has 1 aliphatic rings. The zero-order valence-corrected chi connectivity index (χ0v) is 14.9. The molecule has 1 N–H and O–H groups in total. The lowest BCUT2D eigenvalue weighted by atomic mass is 9.89. The number of hydrogen-bond donors (Lipinski definition) is 1. The van der Waals surface area contributed by atoms with Crippen molar-refractivity contribution in [3.8, 4) is 0 Å². The molecule has 0 heterocycles. The number of ketones is 1. The average molecular weight is 345 g/mol. The first-order valence-electron chi connectivity index (χ1n) is 9.09. The minimum Gasteiger partial charge on any atom is -0.457 e. The van der Waals surface area contributed by atoms with Crippen LogP contribution < -0.4 is 5.32 Å². The summed E-state index contributed by atoms with van der Waals surface area (Å²) in [7, 11) is 0. The molecular formula is C20H27NO4. The minimum absolute atomic E-state index is 0.0243. The van der Waals surface area contributed by atoms with Gasteiger partial charge in [0, 0.05) is 19.0 Å². The molecule has 1 aromatic rings. The second kappa shape index (κ2) is 9.97. The standard InChI is InChI=1S/C20H27NO4/c1-15(22)21-13-5-6-16-9-11-17(12-10-16)19(23)14-25-20(24)18-7-3-2-4-8-18/h9-12,18H,2-8,13-14H2,1H3,(H,21,22). The van der Waals surface area contributed by atoms with E-state index in [9.17, 15) is 14.4 Å². The molecule has 0 bridgehead atoms. The molecule has 0 spiro atoms. The van der Waals surface area contributed by atoms with Crippen LogP contribution >= 0.6 is 0 Å². The van der Waals surface area contributed by atoms with Gasteiger partial charge >= 0.3 is 5.97 Å². The summed E-state index contributed by atoms with van der Waals surface area (Å²) in [5, 5.41) is 2.76. The Bertz CT molecular complexity index is 588. The van der Waals surface area contributed by atoms with E-state index in [0.717, 1.165) is 44.1 Å². The van der Waals surface area contributed by atoms with E-state index in [2.05, 4.69) is 5.32 Å². The molecule has 1 amide bonds. The molecule has 0 saturated heterocycles. The van der Waals surface area contributed by atoms with Crippen LogP contribution in [0, 0.1) is 5.92 Å². The van der Waals surface area contributed by atoms with Gasteiger partial charge in [-0.1, -0.05) is 43.5 Å². The molecule has 0 unspecified atom stereocenters. The number of Topliss-reactive ketones (excluding diaryl/α,β-unsaturated/α-hetero) is 1. The summed E-state index contributed by atoms with van der Waals surface area (Å²) in [5.74, 6) is -0.465. The smallest absolute Gasteiger partial charge is 0.309 e. The lowest BCUT2D eigenvalue weighted by molar-refractivity contribution is -0.148. The maximum absolute atomic E-state index is 12.2. The van der Waals surface area contributed by atoms with Crippen molar-refractivity contribution in [1.82, 2.24) is 5.32 Å². The van der Waals surface area contributed by atoms with Crippen molar-refractivity contribution >= 4 is 17.7 Å². The highest BCUT2D eigenvalue weighted by molar-refractivity contribution is 5.98. The fourth-order valence-electron chi connectivity index (χ4n) is 3.09. The van der Waals surface area contributed by atoms with E-state index >= 15 is 0 Å². The van der Waals surface area contributed by atoms with Crippen LogP contribution in [0.5, 0.6) is 0 Å².